The average molecular weight is 317 g/mol. The van der Waals surface area contributed by atoms with Crippen molar-refractivity contribution in [3.63, 3.8) is 0 Å². The fourth-order valence-electron chi connectivity index (χ4n) is 3.91. The minimum atomic E-state index is 0.303. The molecule has 128 valence electrons. The molecule has 4 heteroatoms. The van der Waals surface area contributed by atoms with E-state index in [1.165, 1.54) is 43.9 Å². The van der Waals surface area contributed by atoms with E-state index in [0.29, 0.717) is 12.1 Å². The van der Waals surface area contributed by atoms with Gasteiger partial charge in [0.1, 0.15) is 0 Å². The van der Waals surface area contributed by atoms with Crippen molar-refractivity contribution in [2.45, 2.75) is 31.9 Å². The Bertz CT molecular complexity index is 499. The number of rotatable bonds is 4. The van der Waals surface area contributed by atoms with Crippen LogP contribution >= 0.6 is 0 Å². The van der Waals surface area contributed by atoms with Crippen molar-refractivity contribution in [3.05, 3.63) is 29.8 Å². The number of anilines is 1. The van der Waals surface area contributed by atoms with Gasteiger partial charge in [0.15, 0.2) is 0 Å². The van der Waals surface area contributed by atoms with Gasteiger partial charge >= 0.3 is 0 Å². The molecule has 0 aliphatic carbocycles. The summed E-state index contributed by atoms with van der Waals surface area (Å²) in [4.78, 5) is 7.57. The summed E-state index contributed by atoms with van der Waals surface area (Å²) in [6, 6.07) is 9.54. The fourth-order valence-corrected chi connectivity index (χ4v) is 3.91. The minimum absolute atomic E-state index is 0.303. The van der Waals surface area contributed by atoms with E-state index in [9.17, 15) is 0 Å². The number of piperazine rings is 1. The molecular formula is C19H31N3O. The lowest BCUT2D eigenvalue weighted by Crippen LogP contribution is -2.59. The smallest absolute Gasteiger partial charge is 0.0901 e. The molecule has 1 aromatic rings. The number of hydrogen-bond donors (Lipinski definition) is 0. The first kappa shape index (κ1) is 16.7. The summed E-state index contributed by atoms with van der Waals surface area (Å²) < 4.78 is 5.90. The monoisotopic (exact) mass is 317 g/mol. The quantitative estimate of drug-likeness (QED) is 0.846. The van der Waals surface area contributed by atoms with E-state index in [1.54, 1.807) is 0 Å². The zero-order valence-electron chi connectivity index (χ0n) is 14.9. The van der Waals surface area contributed by atoms with Gasteiger partial charge in [0.2, 0.25) is 0 Å². The topological polar surface area (TPSA) is 19.0 Å². The Kier molecular flexibility index (Phi) is 5.57. The molecule has 0 N–H and O–H groups in total. The number of benzene rings is 1. The highest BCUT2D eigenvalue weighted by atomic mass is 16.5. The molecule has 0 aromatic heterocycles. The SMILES string of the molecule is CCc1cccc(N2CCC(N3CCN(C)CC3)C(OC)C2)c1. The molecule has 2 fully saturated rings. The Labute approximate surface area is 141 Å². The van der Waals surface area contributed by atoms with Crippen LogP contribution in [0.2, 0.25) is 0 Å². The molecule has 0 amide bonds. The van der Waals surface area contributed by atoms with Crippen molar-refractivity contribution in [2.24, 2.45) is 0 Å². The molecule has 2 atom stereocenters. The predicted octanol–water partition coefficient (Wildman–Crippen LogP) is 2.09. The largest absolute Gasteiger partial charge is 0.378 e. The third-order valence-electron chi connectivity index (χ3n) is 5.52. The van der Waals surface area contributed by atoms with Gasteiger partial charge in [-0.25, -0.2) is 0 Å². The number of piperidine rings is 1. The molecule has 0 saturated carbocycles. The second-order valence-corrected chi connectivity index (χ2v) is 6.94. The Hall–Kier alpha value is -1.10. The van der Waals surface area contributed by atoms with E-state index in [1.807, 2.05) is 7.11 Å². The molecule has 2 unspecified atom stereocenters. The van der Waals surface area contributed by atoms with Crippen molar-refractivity contribution in [2.75, 3.05) is 58.3 Å². The van der Waals surface area contributed by atoms with Gasteiger partial charge in [0.05, 0.1) is 6.10 Å². The first-order valence-electron chi connectivity index (χ1n) is 9.00. The fraction of sp³-hybridized carbons (Fsp3) is 0.684. The lowest BCUT2D eigenvalue weighted by Gasteiger charge is -2.46. The van der Waals surface area contributed by atoms with Crippen molar-refractivity contribution >= 4 is 5.69 Å². The zero-order chi connectivity index (χ0) is 16.2. The van der Waals surface area contributed by atoms with Gasteiger partial charge in [-0.2, -0.15) is 0 Å². The molecule has 2 saturated heterocycles. The van der Waals surface area contributed by atoms with E-state index in [-0.39, 0.29) is 0 Å². The highest BCUT2D eigenvalue weighted by Gasteiger charge is 2.34. The third kappa shape index (κ3) is 3.87. The number of hydrogen-bond acceptors (Lipinski definition) is 4. The van der Waals surface area contributed by atoms with Crippen molar-refractivity contribution < 1.29 is 4.74 Å². The maximum absolute atomic E-state index is 5.90. The van der Waals surface area contributed by atoms with Gasteiger partial charge in [0.25, 0.3) is 0 Å². The van der Waals surface area contributed by atoms with Crippen molar-refractivity contribution in [3.8, 4) is 0 Å². The second kappa shape index (κ2) is 7.65. The summed E-state index contributed by atoms with van der Waals surface area (Å²) in [6.45, 7) is 9.05. The normalized spacial score (nSPS) is 27.3. The van der Waals surface area contributed by atoms with Gasteiger partial charge in [0, 0.05) is 58.1 Å². The van der Waals surface area contributed by atoms with Gasteiger partial charge in [-0.05, 0) is 37.6 Å². The van der Waals surface area contributed by atoms with Gasteiger partial charge < -0.3 is 14.5 Å². The van der Waals surface area contributed by atoms with Gasteiger partial charge in [-0.1, -0.05) is 19.1 Å². The number of aryl methyl sites for hydroxylation is 1. The van der Waals surface area contributed by atoms with E-state index < -0.39 is 0 Å². The van der Waals surface area contributed by atoms with E-state index in [2.05, 4.69) is 52.9 Å². The molecule has 0 bridgehead atoms. The molecule has 3 rings (SSSR count). The molecule has 0 spiro atoms. The van der Waals surface area contributed by atoms with E-state index in [0.717, 1.165) is 19.5 Å². The molecule has 23 heavy (non-hydrogen) atoms. The Morgan fingerprint density at radius 3 is 2.61 bits per heavy atom. The summed E-state index contributed by atoms with van der Waals surface area (Å²) in [5.74, 6) is 0. The first-order valence-corrected chi connectivity index (χ1v) is 9.00. The van der Waals surface area contributed by atoms with Gasteiger partial charge in [-0.3, -0.25) is 4.90 Å². The number of nitrogens with zero attached hydrogens (tertiary/aromatic N) is 3. The standard InChI is InChI=1S/C19H31N3O/c1-4-16-6-5-7-17(14-16)22-9-8-18(19(15-22)23-3)21-12-10-20(2)11-13-21/h5-7,14,18-19H,4,8-13,15H2,1-3H3. The van der Waals surface area contributed by atoms with Crippen LogP contribution < -0.4 is 4.90 Å². The predicted molar refractivity (Wildman–Crippen MR) is 96.3 cm³/mol. The van der Waals surface area contributed by atoms with Crippen LogP contribution in [0, 0.1) is 0 Å². The van der Waals surface area contributed by atoms with E-state index in [4.69, 9.17) is 4.74 Å². The second-order valence-electron chi connectivity index (χ2n) is 6.94. The summed E-state index contributed by atoms with van der Waals surface area (Å²) in [5, 5.41) is 0. The molecular weight excluding hydrogens is 286 g/mol. The van der Waals surface area contributed by atoms with Crippen molar-refractivity contribution in [1.82, 2.24) is 9.80 Å². The van der Waals surface area contributed by atoms with Crippen LogP contribution in [0.1, 0.15) is 18.9 Å². The van der Waals surface area contributed by atoms with Crippen LogP contribution in [-0.2, 0) is 11.2 Å². The Morgan fingerprint density at radius 2 is 1.91 bits per heavy atom. The van der Waals surface area contributed by atoms with Crippen LogP contribution in [0.3, 0.4) is 0 Å². The Morgan fingerprint density at radius 1 is 1.13 bits per heavy atom. The Balaban J connectivity index is 1.66. The zero-order valence-corrected chi connectivity index (χ0v) is 14.9. The molecule has 2 aliphatic heterocycles. The average Bonchev–Trinajstić information content (AvgIpc) is 2.62. The summed E-state index contributed by atoms with van der Waals surface area (Å²) in [5.41, 5.74) is 2.76. The number of likely N-dealkylation sites (N-methyl/N-ethyl adjacent to an activating group) is 1. The highest BCUT2D eigenvalue weighted by Crippen LogP contribution is 2.26. The van der Waals surface area contributed by atoms with Crippen LogP contribution in [0.4, 0.5) is 5.69 Å². The molecule has 1 aromatic carbocycles. The van der Waals surface area contributed by atoms with Crippen LogP contribution in [0.25, 0.3) is 0 Å². The maximum atomic E-state index is 5.90. The molecule has 4 nitrogen and oxygen atoms in total. The number of ether oxygens (including phenoxy) is 1. The summed E-state index contributed by atoms with van der Waals surface area (Å²) in [7, 11) is 4.09. The molecule has 2 heterocycles. The lowest BCUT2D eigenvalue weighted by atomic mass is 9.98. The summed E-state index contributed by atoms with van der Waals surface area (Å²) >= 11 is 0. The van der Waals surface area contributed by atoms with Crippen LogP contribution in [0.5, 0.6) is 0 Å². The van der Waals surface area contributed by atoms with E-state index >= 15 is 0 Å². The lowest BCUT2D eigenvalue weighted by molar-refractivity contribution is -0.0110. The van der Waals surface area contributed by atoms with Crippen molar-refractivity contribution in [1.29, 1.82) is 0 Å². The highest BCUT2D eigenvalue weighted by molar-refractivity contribution is 5.49. The molecule has 2 aliphatic rings. The maximum Gasteiger partial charge on any atom is 0.0901 e. The summed E-state index contributed by atoms with van der Waals surface area (Å²) in [6.07, 6.45) is 2.59. The minimum Gasteiger partial charge on any atom is -0.378 e. The number of methoxy groups -OCH3 is 1. The first-order chi connectivity index (χ1) is 11.2. The molecule has 0 radical (unpaired) electrons. The van der Waals surface area contributed by atoms with Gasteiger partial charge in [-0.15, -0.1) is 0 Å². The van der Waals surface area contributed by atoms with Crippen LogP contribution in [-0.4, -0.2) is 75.4 Å². The van der Waals surface area contributed by atoms with Crippen LogP contribution in [0.15, 0.2) is 24.3 Å². The third-order valence-corrected chi connectivity index (χ3v) is 5.52.